The maximum atomic E-state index is 15.3. The number of hydrogen-bond donors (Lipinski definition) is 2. The Hall–Kier alpha value is -3.50. The highest BCUT2D eigenvalue weighted by molar-refractivity contribution is 5.99. The lowest BCUT2D eigenvalue weighted by Crippen LogP contribution is -2.63. The van der Waals surface area contributed by atoms with Gasteiger partial charge in [0.2, 0.25) is 17.7 Å². The predicted molar refractivity (Wildman–Crippen MR) is 186 cm³/mol. The van der Waals surface area contributed by atoms with Gasteiger partial charge in [-0.2, -0.15) is 0 Å². The minimum Gasteiger partial charge on any atom is -0.455 e. The van der Waals surface area contributed by atoms with Crippen LogP contribution in [0.4, 0.5) is 0 Å². The van der Waals surface area contributed by atoms with Crippen molar-refractivity contribution in [1.82, 2.24) is 15.1 Å². The molecule has 5 bridgehead atoms. The van der Waals surface area contributed by atoms with Crippen LogP contribution in [0.15, 0.2) is 54.6 Å². The number of aliphatic hydroxyl groups is 1. The number of hydrogen-bond acceptors (Lipinski definition) is 7. The molecule has 2 saturated heterocycles. The SMILES string of the molecule is CC[C@H](C)[C@H](CO)N1C(=O)[C@H]2[C@@H]3C(=O)O[C@H](c4ccccc4)[C@@H](C)NC(=O)CC/C=C\CN(C(C)(C)CC(C)(C)C)C(=O)[C@H]1[C@@]21C=C[C@@H]3O1. The van der Waals surface area contributed by atoms with Gasteiger partial charge in [-0.25, -0.2) is 0 Å². The summed E-state index contributed by atoms with van der Waals surface area (Å²) in [6.07, 6.45) is 7.81. The van der Waals surface area contributed by atoms with Crippen LogP contribution in [0, 0.1) is 23.2 Å². The predicted octanol–water partition coefficient (Wildman–Crippen LogP) is 4.73. The molecule has 10 heteroatoms. The average Bonchev–Trinajstić information content (AvgIpc) is 3.67. The lowest BCUT2D eigenvalue weighted by atomic mass is 9.74. The Labute approximate surface area is 291 Å². The summed E-state index contributed by atoms with van der Waals surface area (Å²) in [6.45, 7) is 16.1. The van der Waals surface area contributed by atoms with Gasteiger partial charge in [0.1, 0.15) is 23.7 Å². The van der Waals surface area contributed by atoms with Gasteiger partial charge in [0.15, 0.2) is 0 Å². The molecule has 1 aromatic carbocycles. The molecule has 0 unspecified atom stereocenters. The summed E-state index contributed by atoms with van der Waals surface area (Å²) >= 11 is 0. The molecular formula is C39H55N3O7. The van der Waals surface area contributed by atoms with Crippen molar-refractivity contribution >= 4 is 23.7 Å². The van der Waals surface area contributed by atoms with Crippen LogP contribution in [0.2, 0.25) is 0 Å². The number of cyclic esters (lactones) is 1. The van der Waals surface area contributed by atoms with Crippen LogP contribution < -0.4 is 5.32 Å². The zero-order chi connectivity index (χ0) is 35.9. The zero-order valence-electron chi connectivity index (χ0n) is 30.3. The van der Waals surface area contributed by atoms with Crippen molar-refractivity contribution in [1.29, 1.82) is 0 Å². The van der Waals surface area contributed by atoms with Gasteiger partial charge in [0, 0.05) is 18.5 Å². The number of esters is 1. The third kappa shape index (κ3) is 6.96. The van der Waals surface area contributed by atoms with E-state index in [0.29, 0.717) is 24.8 Å². The monoisotopic (exact) mass is 677 g/mol. The molecule has 1 aromatic rings. The topological polar surface area (TPSA) is 125 Å². The molecule has 0 aliphatic carbocycles. The number of carbonyl (C=O) groups excluding carboxylic acids is 4. The van der Waals surface area contributed by atoms with E-state index in [1.807, 2.05) is 75.1 Å². The standard InChI is InChI=1S/C39H55N3O7/c1-9-24(2)27(22-43)42-33-35(46)41(38(7,8)23-37(4,5)6)21-15-11-14-18-29(44)40-25(3)32(26-16-12-10-13-17-26)48-36(47)30-28-19-20-39(33,49-28)31(30)34(42)45/h10-13,15-17,19-20,24-25,27-28,30-33,43H,9,14,18,21-23H2,1-8H3,(H,40,44)/b15-11-/t24-,25+,27-,28-,30+,31+,32-,33-,39+/m0/s1. The van der Waals surface area contributed by atoms with E-state index in [1.165, 1.54) is 4.90 Å². The maximum Gasteiger partial charge on any atom is 0.313 e. The second-order valence-corrected chi connectivity index (χ2v) is 16.2. The van der Waals surface area contributed by atoms with Crippen molar-refractivity contribution in [2.24, 2.45) is 23.2 Å². The van der Waals surface area contributed by atoms with E-state index in [2.05, 4.69) is 26.1 Å². The number of allylic oxidation sites excluding steroid dienone is 1. The molecule has 1 spiro atoms. The van der Waals surface area contributed by atoms with Crippen LogP contribution in [0.1, 0.15) is 92.7 Å². The maximum absolute atomic E-state index is 15.3. The molecule has 4 aliphatic rings. The van der Waals surface area contributed by atoms with Crippen molar-refractivity contribution in [2.75, 3.05) is 13.2 Å². The van der Waals surface area contributed by atoms with Crippen LogP contribution in [0.3, 0.4) is 0 Å². The number of fused-ring (bicyclic) bond motifs is 2. The first kappa shape index (κ1) is 36.8. The minimum atomic E-state index is -1.42. The number of benzene rings is 1. The molecule has 4 heterocycles. The Morgan fingerprint density at radius 2 is 1.73 bits per heavy atom. The fourth-order valence-electron chi connectivity index (χ4n) is 8.72. The lowest BCUT2D eigenvalue weighted by Gasteiger charge is -2.46. The average molecular weight is 678 g/mol. The molecule has 5 rings (SSSR count). The van der Waals surface area contributed by atoms with Gasteiger partial charge < -0.3 is 29.7 Å². The number of carbonyl (C=O) groups is 4. The normalized spacial score (nSPS) is 32.9. The molecule has 9 atom stereocenters. The van der Waals surface area contributed by atoms with Gasteiger partial charge in [-0.3, -0.25) is 19.2 Å². The smallest absolute Gasteiger partial charge is 0.313 e. The van der Waals surface area contributed by atoms with Gasteiger partial charge in [-0.05, 0) is 50.5 Å². The summed E-state index contributed by atoms with van der Waals surface area (Å²) in [5.41, 5.74) is -1.49. The summed E-state index contributed by atoms with van der Waals surface area (Å²) < 4.78 is 12.9. The lowest BCUT2D eigenvalue weighted by molar-refractivity contribution is -0.162. The number of aliphatic hydroxyl groups excluding tert-OH is 1. The van der Waals surface area contributed by atoms with E-state index in [1.54, 1.807) is 19.1 Å². The Balaban J connectivity index is 1.66. The number of rotatable bonds is 7. The molecule has 268 valence electrons. The van der Waals surface area contributed by atoms with Gasteiger partial charge >= 0.3 is 5.97 Å². The van der Waals surface area contributed by atoms with Crippen molar-refractivity contribution in [3.8, 4) is 0 Å². The highest BCUT2D eigenvalue weighted by Crippen LogP contribution is 2.57. The molecular weight excluding hydrogens is 622 g/mol. The van der Waals surface area contributed by atoms with Gasteiger partial charge in [-0.1, -0.05) is 95.7 Å². The van der Waals surface area contributed by atoms with Crippen molar-refractivity contribution < 1.29 is 33.8 Å². The molecule has 2 fully saturated rings. The molecule has 0 radical (unpaired) electrons. The molecule has 0 saturated carbocycles. The van der Waals surface area contributed by atoms with Gasteiger partial charge in [0.25, 0.3) is 0 Å². The molecule has 49 heavy (non-hydrogen) atoms. The second-order valence-electron chi connectivity index (χ2n) is 16.2. The van der Waals surface area contributed by atoms with Gasteiger partial charge in [0.05, 0.1) is 30.7 Å². The Kier molecular flexibility index (Phi) is 10.5. The fraction of sp³-hybridized carbons (Fsp3) is 0.641. The van der Waals surface area contributed by atoms with Gasteiger partial charge in [-0.15, -0.1) is 0 Å². The van der Waals surface area contributed by atoms with E-state index < -0.39 is 65.2 Å². The van der Waals surface area contributed by atoms with E-state index in [4.69, 9.17) is 9.47 Å². The minimum absolute atomic E-state index is 0.126. The Bertz CT molecular complexity index is 1470. The van der Waals surface area contributed by atoms with E-state index >= 15 is 4.79 Å². The van der Waals surface area contributed by atoms with Crippen molar-refractivity contribution in [2.45, 2.75) is 123 Å². The highest BCUT2D eigenvalue weighted by atomic mass is 16.6. The summed E-state index contributed by atoms with van der Waals surface area (Å²) in [5, 5.41) is 13.8. The Morgan fingerprint density at radius 3 is 2.37 bits per heavy atom. The summed E-state index contributed by atoms with van der Waals surface area (Å²) in [4.78, 5) is 60.9. The summed E-state index contributed by atoms with van der Waals surface area (Å²) in [5.74, 6) is -3.68. The number of nitrogens with one attached hydrogen (secondary N) is 1. The number of likely N-dealkylation sites (tertiary alicyclic amines) is 1. The molecule has 2 N–H and O–H groups in total. The summed E-state index contributed by atoms with van der Waals surface area (Å²) in [6, 6.07) is 6.89. The number of ether oxygens (including phenoxy) is 2. The molecule has 10 nitrogen and oxygen atoms in total. The van der Waals surface area contributed by atoms with Crippen molar-refractivity contribution in [3.63, 3.8) is 0 Å². The molecule has 4 aliphatic heterocycles. The fourth-order valence-corrected chi connectivity index (χ4v) is 8.72. The van der Waals surface area contributed by atoms with Crippen LogP contribution in [-0.2, 0) is 28.7 Å². The van der Waals surface area contributed by atoms with Crippen LogP contribution in [-0.4, -0.2) is 87.1 Å². The van der Waals surface area contributed by atoms with E-state index in [-0.39, 0.29) is 42.7 Å². The third-order valence-corrected chi connectivity index (χ3v) is 10.8. The van der Waals surface area contributed by atoms with Crippen LogP contribution in [0.5, 0.6) is 0 Å². The third-order valence-electron chi connectivity index (χ3n) is 10.8. The first-order chi connectivity index (χ1) is 23.1. The van der Waals surface area contributed by atoms with Crippen LogP contribution >= 0.6 is 0 Å². The largest absolute Gasteiger partial charge is 0.455 e. The summed E-state index contributed by atoms with van der Waals surface area (Å²) in [7, 11) is 0. The second kappa shape index (κ2) is 14.0. The highest BCUT2D eigenvalue weighted by Gasteiger charge is 2.74. The van der Waals surface area contributed by atoms with E-state index in [0.717, 1.165) is 0 Å². The quantitative estimate of drug-likeness (QED) is 0.316. The Morgan fingerprint density at radius 1 is 1.04 bits per heavy atom. The molecule has 3 amide bonds. The first-order valence-electron chi connectivity index (χ1n) is 17.9. The zero-order valence-corrected chi connectivity index (χ0v) is 30.3. The first-order valence-corrected chi connectivity index (χ1v) is 17.9. The molecule has 0 aromatic heterocycles. The number of amides is 3. The van der Waals surface area contributed by atoms with E-state index in [9.17, 15) is 19.5 Å². The van der Waals surface area contributed by atoms with Crippen LogP contribution in [0.25, 0.3) is 0 Å². The number of nitrogens with zero attached hydrogens (tertiary/aromatic N) is 2. The van der Waals surface area contributed by atoms with Crippen molar-refractivity contribution in [3.05, 3.63) is 60.2 Å².